The van der Waals surface area contributed by atoms with Crippen LogP contribution in [0.4, 0.5) is 0 Å². The van der Waals surface area contributed by atoms with Crippen LogP contribution in [0.5, 0.6) is 0 Å². The van der Waals surface area contributed by atoms with E-state index in [2.05, 4.69) is 103 Å². The first-order valence-electron chi connectivity index (χ1n) is 14.0. The third-order valence-electron chi connectivity index (χ3n) is 8.29. The average Bonchev–Trinajstić information content (AvgIpc) is 3.13. The molecule has 0 aromatic heterocycles. The van der Waals surface area contributed by atoms with Crippen molar-refractivity contribution >= 4 is 17.7 Å². The summed E-state index contributed by atoms with van der Waals surface area (Å²) in [7, 11) is 0. The van der Waals surface area contributed by atoms with Gasteiger partial charge in [0.25, 0.3) is 0 Å². The molecule has 37 heavy (non-hydrogen) atoms. The smallest absolute Gasteiger partial charge is 0.0822 e. The van der Waals surface area contributed by atoms with Crippen LogP contribution in [0.1, 0.15) is 79.7 Å². The molecule has 0 amide bonds. The van der Waals surface area contributed by atoms with Crippen molar-refractivity contribution in [2.45, 2.75) is 57.3 Å². The number of piperidine rings is 1. The zero-order valence-electron chi connectivity index (χ0n) is 22.1. The van der Waals surface area contributed by atoms with E-state index in [9.17, 15) is 5.26 Å². The fraction of sp³-hybridized carbons (Fsp3) is 0.343. The van der Waals surface area contributed by atoms with Crippen molar-refractivity contribution in [1.29, 1.82) is 5.26 Å². The number of fused-ring (bicyclic) bond motifs is 2. The van der Waals surface area contributed by atoms with Gasteiger partial charge in [-0.05, 0) is 72.0 Å². The highest BCUT2D eigenvalue weighted by atomic mass is 15.1. The number of nitriles is 1. The second-order valence-electron chi connectivity index (χ2n) is 10.6. The topological polar surface area (TPSA) is 27.0 Å². The van der Waals surface area contributed by atoms with E-state index < -0.39 is 0 Å². The number of benzene rings is 3. The predicted molar refractivity (Wildman–Crippen MR) is 156 cm³/mol. The summed E-state index contributed by atoms with van der Waals surface area (Å²) in [5.41, 5.74) is 9.21. The van der Waals surface area contributed by atoms with Gasteiger partial charge in [-0.25, -0.2) is 0 Å². The van der Waals surface area contributed by atoms with Crippen LogP contribution < -0.4 is 0 Å². The van der Waals surface area contributed by atoms with Crippen LogP contribution in [0.2, 0.25) is 0 Å². The van der Waals surface area contributed by atoms with Gasteiger partial charge in [-0.2, -0.15) is 5.26 Å². The molecule has 1 saturated heterocycles. The SMILES string of the molecule is CCCCC(C#N)(CCCN1CCC(=C2c3ccccc3C=Cc3ccccc32)CC1)c1ccccc1. The Labute approximate surface area is 223 Å². The minimum absolute atomic E-state index is 0.360. The Morgan fingerprint density at radius 2 is 1.32 bits per heavy atom. The lowest BCUT2D eigenvalue weighted by molar-refractivity contribution is 0.243. The van der Waals surface area contributed by atoms with Gasteiger partial charge in [0.15, 0.2) is 0 Å². The third kappa shape index (κ3) is 5.48. The summed E-state index contributed by atoms with van der Waals surface area (Å²) in [6.07, 6.45) is 11.9. The van der Waals surface area contributed by atoms with E-state index in [1.54, 1.807) is 5.57 Å². The lowest BCUT2D eigenvalue weighted by Crippen LogP contribution is -2.33. The summed E-state index contributed by atoms with van der Waals surface area (Å²) in [6, 6.07) is 30.9. The van der Waals surface area contributed by atoms with Crippen molar-refractivity contribution in [3.63, 3.8) is 0 Å². The van der Waals surface area contributed by atoms with Gasteiger partial charge in [0, 0.05) is 13.1 Å². The maximum atomic E-state index is 10.3. The molecule has 3 aromatic carbocycles. The highest BCUT2D eigenvalue weighted by Crippen LogP contribution is 2.39. The number of unbranched alkanes of at least 4 members (excludes halogenated alkanes) is 1. The van der Waals surface area contributed by atoms with Gasteiger partial charge in [-0.1, -0.05) is 116 Å². The molecule has 1 fully saturated rings. The molecule has 1 aliphatic heterocycles. The number of hydrogen-bond acceptors (Lipinski definition) is 2. The van der Waals surface area contributed by atoms with Gasteiger partial charge in [-0.15, -0.1) is 0 Å². The van der Waals surface area contributed by atoms with Crippen molar-refractivity contribution in [2.75, 3.05) is 19.6 Å². The van der Waals surface area contributed by atoms with Crippen LogP contribution >= 0.6 is 0 Å². The van der Waals surface area contributed by atoms with Gasteiger partial charge >= 0.3 is 0 Å². The summed E-state index contributed by atoms with van der Waals surface area (Å²) in [5, 5.41) is 10.3. The molecule has 2 nitrogen and oxygen atoms in total. The molecule has 2 heteroatoms. The molecule has 1 heterocycles. The largest absolute Gasteiger partial charge is 0.303 e. The standard InChI is InChI=1S/C35H38N2/c1-2-3-22-35(27-36,31-14-5-4-6-15-31)23-11-24-37-25-20-30(21-26-37)34-32-16-9-7-12-28(32)18-19-29-13-8-10-17-33(29)34/h4-10,12-19H,2-3,11,20-26H2,1H3. The molecule has 5 rings (SSSR count). The zero-order chi connectivity index (χ0) is 25.5. The van der Waals surface area contributed by atoms with Gasteiger partial charge in [0.05, 0.1) is 11.5 Å². The highest BCUT2D eigenvalue weighted by Gasteiger charge is 2.31. The van der Waals surface area contributed by atoms with Crippen molar-refractivity contribution < 1.29 is 0 Å². The molecular formula is C35H38N2. The van der Waals surface area contributed by atoms with Crippen molar-refractivity contribution in [3.8, 4) is 6.07 Å². The molecule has 1 atom stereocenters. The van der Waals surface area contributed by atoms with Gasteiger partial charge in [0.1, 0.15) is 0 Å². The van der Waals surface area contributed by atoms with E-state index in [1.807, 2.05) is 6.07 Å². The van der Waals surface area contributed by atoms with Crippen LogP contribution in [-0.2, 0) is 5.41 Å². The average molecular weight is 487 g/mol. The molecule has 2 aliphatic rings. The summed E-state index contributed by atoms with van der Waals surface area (Å²) < 4.78 is 0. The molecule has 0 spiro atoms. The van der Waals surface area contributed by atoms with Gasteiger partial charge in [0.2, 0.25) is 0 Å². The minimum Gasteiger partial charge on any atom is -0.303 e. The van der Waals surface area contributed by atoms with E-state index in [0.717, 1.165) is 64.6 Å². The maximum absolute atomic E-state index is 10.3. The Morgan fingerprint density at radius 1 is 0.757 bits per heavy atom. The van der Waals surface area contributed by atoms with Gasteiger partial charge in [-0.3, -0.25) is 0 Å². The summed E-state index contributed by atoms with van der Waals surface area (Å²) in [4.78, 5) is 2.61. The summed E-state index contributed by atoms with van der Waals surface area (Å²) >= 11 is 0. The normalized spacial score (nSPS) is 16.9. The zero-order valence-corrected chi connectivity index (χ0v) is 22.1. The number of nitrogens with zero attached hydrogens (tertiary/aromatic N) is 2. The molecule has 0 radical (unpaired) electrons. The van der Waals surface area contributed by atoms with Gasteiger partial charge < -0.3 is 4.90 Å². The van der Waals surface area contributed by atoms with E-state index in [1.165, 1.54) is 33.4 Å². The third-order valence-corrected chi connectivity index (χ3v) is 8.29. The molecule has 3 aromatic rings. The molecule has 188 valence electrons. The van der Waals surface area contributed by atoms with Crippen LogP contribution in [-0.4, -0.2) is 24.5 Å². The Bertz CT molecular complexity index is 1250. The number of likely N-dealkylation sites (tertiary alicyclic amines) is 1. The van der Waals surface area contributed by atoms with Crippen molar-refractivity contribution in [1.82, 2.24) is 4.90 Å². The fourth-order valence-electron chi connectivity index (χ4n) is 6.17. The second-order valence-corrected chi connectivity index (χ2v) is 10.6. The fourth-order valence-corrected chi connectivity index (χ4v) is 6.17. The van der Waals surface area contributed by atoms with Crippen LogP contribution in [0.25, 0.3) is 17.7 Å². The maximum Gasteiger partial charge on any atom is 0.0822 e. The van der Waals surface area contributed by atoms with E-state index in [-0.39, 0.29) is 5.41 Å². The molecule has 1 aliphatic carbocycles. The molecule has 0 bridgehead atoms. The molecule has 0 N–H and O–H groups in total. The number of rotatable bonds is 8. The van der Waals surface area contributed by atoms with E-state index >= 15 is 0 Å². The minimum atomic E-state index is -0.360. The van der Waals surface area contributed by atoms with Crippen LogP contribution in [0.15, 0.2) is 84.4 Å². The lowest BCUT2D eigenvalue weighted by atomic mass is 9.74. The molecule has 1 unspecified atom stereocenters. The summed E-state index contributed by atoms with van der Waals surface area (Å²) in [6.45, 7) is 5.47. The quantitative estimate of drug-likeness (QED) is 0.250. The van der Waals surface area contributed by atoms with Crippen LogP contribution in [0.3, 0.4) is 0 Å². The predicted octanol–water partition coefficient (Wildman–Crippen LogP) is 8.50. The number of hydrogen-bond donors (Lipinski definition) is 0. The lowest BCUT2D eigenvalue weighted by Gasteiger charge is -2.32. The molecular weight excluding hydrogens is 448 g/mol. The summed E-state index contributed by atoms with van der Waals surface area (Å²) in [5.74, 6) is 0. The molecule has 0 saturated carbocycles. The first-order chi connectivity index (χ1) is 18.2. The second kappa shape index (κ2) is 11.8. The highest BCUT2D eigenvalue weighted by molar-refractivity contribution is 5.94. The Hall–Kier alpha value is -3.41. The van der Waals surface area contributed by atoms with E-state index in [0.29, 0.717) is 0 Å². The Morgan fingerprint density at radius 3 is 1.92 bits per heavy atom. The van der Waals surface area contributed by atoms with Crippen molar-refractivity contribution in [3.05, 3.63) is 112 Å². The van der Waals surface area contributed by atoms with Crippen LogP contribution in [0, 0.1) is 11.3 Å². The Balaban J connectivity index is 1.29. The monoisotopic (exact) mass is 486 g/mol. The first kappa shape index (κ1) is 25.2. The first-order valence-corrected chi connectivity index (χ1v) is 14.0. The van der Waals surface area contributed by atoms with Crippen molar-refractivity contribution in [2.24, 2.45) is 0 Å². The van der Waals surface area contributed by atoms with E-state index in [4.69, 9.17) is 0 Å². The Kier molecular flexibility index (Phi) is 8.02.